The van der Waals surface area contributed by atoms with Crippen molar-refractivity contribution in [2.75, 3.05) is 13.2 Å². The van der Waals surface area contributed by atoms with Crippen LogP contribution in [0.1, 0.15) is 58.1 Å². The molecule has 0 radical (unpaired) electrons. The fourth-order valence-corrected chi connectivity index (χ4v) is 3.06. The van der Waals surface area contributed by atoms with Crippen LogP contribution in [-0.2, 0) is 11.2 Å². The molecule has 120 valence electrons. The SMILES string of the molecule is CCCNC(Cc1ccc(C)cc1)C(CC)(CC)OCC. The van der Waals surface area contributed by atoms with Crippen molar-refractivity contribution >= 4 is 0 Å². The van der Waals surface area contributed by atoms with Gasteiger partial charge in [0.15, 0.2) is 0 Å². The lowest BCUT2D eigenvalue weighted by Crippen LogP contribution is -2.53. The van der Waals surface area contributed by atoms with Gasteiger partial charge in [0.2, 0.25) is 0 Å². The monoisotopic (exact) mass is 291 g/mol. The van der Waals surface area contributed by atoms with E-state index in [1.54, 1.807) is 0 Å². The fourth-order valence-electron chi connectivity index (χ4n) is 3.06. The van der Waals surface area contributed by atoms with E-state index in [1.165, 1.54) is 11.1 Å². The van der Waals surface area contributed by atoms with Crippen LogP contribution in [0.4, 0.5) is 0 Å². The zero-order valence-electron chi connectivity index (χ0n) is 14.5. The minimum absolute atomic E-state index is 0.0607. The van der Waals surface area contributed by atoms with E-state index in [0.717, 1.165) is 38.8 Å². The smallest absolute Gasteiger partial charge is 0.0832 e. The van der Waals surface area contributed by atoms with Crippen LogP contribution in [0.3, 0.4) is 0 Å². The van der Waals surface area contributed by atoms with Crippen molar-refractivity contribution in [1.29, 1.82) is 0 Å². The van der Waals surface area contributed by atoms with Gasteiger partial charge >= 0.3 is 0 Å². The Morgan fingerprint density at radius 1 is 1.05 bits per heavy atom. The van der Waals surface area contributed by atoms with Crippen LogP contribution in [0.2, 0.25) is 0 Å². The molecule has 1 aromatic carbocycles. The Morgan fingerprint density at radius 3 is 2.14 bits per heavy atom. The Hall–Kier alpha value is -0.860. The molecule has 0 saturated carbocycles. The quantitative estimate of drug-likeness (QED) is 0.685. The molecule has 1 atom stereocenters. The fraction of sp³-hybridized carbons (Fsp3) is 0.684. The highest BCUT2D eigenvalue weighted by Crippen LogP contribution is 2.27. The molecule has 1 N–H and O–H groups in total. The highest BCUT2D eigenvalue weighted by molar-refractivity contribution is 5.22. The van der Waals surface area contributed by atoms with Gasteiger partial charge in [0, 0.05) is 12.6 Å². The summed E-state index contributed by atoms with van der Waals surface area (Å²) in [5, 5.41) is 3.74. The Balaban J connectivity index is 2.93. The Morgan fingerprint density at radius 2 is 1.67 bits per heavy atom. The minimum Gasteiger partial charge on any atom is -0.374 e. The summed E-state index contributed by atoms with van der Waals surface area (Å²) in [5.41, 5.74) is 2.65. The van der Waals surface area contributed by atoms with Gasteiger partial charge in [-0.3, -0.25) is 0 Å². The van der Waals surface area contributed by atoms with Gasteiger partial charge in [-0.25, -0.2) is 0 Å². The first-order chi connectivity index (χ1) is 10.1. The van der Waals surface area contributed by atoms with Crippen LogP contribution < -0.4 is 5.32 Å². The normalized spacial score (nSPS) is 13.4. The summed E-state index contributed by atoms with van der Waals surface area (Å²) in [6, 6.07) is 9.27. The third-order valence-corrected chi connectivity index (χ3v) is 4.46. The van der Waals surface area contributed by atoms with Crippen molar-refractivity contribution in [3.8, 4) is 0 Å². The molecule has 1 aromatic rings. The third-order valence-electron chi connectivity index (χ3n) is 4.46. The summed E-state index contributed by atoms with van der Waals surface area (Å²) in [4.78, 5) is 0. The van der Waals surface area contributed by atoms with Crippen LogP contribution >= 0.6 is 0 Å². The van der Waals surface area contributed by atoms with E-state index in [-0.39, 0.29) is 5.60 Å². The van der Waals surface area contributed by atoms with Crippen LogP contribution in [-0.4, -0.2) is 24.8 Å². The molecular weight excluding hydrogens is 258 g/mol. The molecule has 0 aromatic heterocycles. The summed E-state index contributed by atoms with van der Waals surface area (Å²) in [6.45, 7) is 12.8. The van der Waals surface area contributed by atoms with Crippen molar-refractivity contribution in [2.24, 2.45) is 0 Å². The predicted octanol–water partition coefficient (Wildman–Crippen LogP) is 4.50. The topological polar surface area (TPSA) is 21.3 Å². The number of benzene rings is 1. The van der Waals surface area contributed by atoms with E-state index in [0.29, 0.717) is 6.04 Å². The van der Waals surface area contributed by atoms with Crippen LogP contribution in [0.25, 0.3) is 0 Å². The zero-order valence-corrected chi connectivity index (χ0v) is 14.5. The summed E-state index contributed by atoms with van der Waals surface area (Å²) in [5.74, 6) is 0. The molecule has 0 aliphatic rings. The Kier molecular flexibility index (Phi) is 7.98. The summed E-state index contributed by atoms with van der Waals surface area (Å²) in [7, 11) is 0. The largest absolute Gasteiger partial charge is 0.374 e. The average Bonchev–Trinajstić information content (AvgIpc) is 2.51. The lowest BCUT2D eigenvalue weighted by molar-refractivity contribution is -0.0718. The van der Waals surface area contributed by atoms with E-state index in [1.807, 2.05) is 0 Å². The van der Waals surface area contributed by atoms with Crippen LogP contribution in [0.15, 0.2) is 24.3 Å². The van der Waals surface area contributed by atoms with Gasteiger partial charge in [-0.15, -0.1) is 0 Å². The molecule has 2 nitrogen and oxygen atoms in total. The molecule has 0 fully saturated rings. The molecule has 0 heterocycles. The van der Waals surface area contributed by atoms with Crippen LogP contribution in [0.5, 0.6) is 0 Å². The second-order valence-corrected chi connectivity index (χ2v) is 5.90. The Labute approximate surface area is 131 Å². The summed E-state index contributed by atoms with van der Waals surface area (Å²) < 4.78 is 6.22. The van der Waals surface area contributed by atoms with Gasteiger partial charge in [0.25, 0.3) is 0 Å². The lowest BCUT2D eigenvalue weighted by atomic mass is 9.84. The zero-order chi connectivity index (χ0) is 15.7. The van der Waals surface area contributed by atoms with Crippen molar-refractivity contribution in [2.45, 2.75) is 71.9 Å². The van der Waals surface area contributed by atoms with Gasteiger partial charge in [-0.2, -0.15) is 0 Å². The summed E-state index contributed by atoms with van der Waals surface area (Å²) in [6.07, 6.45) is 4.27. The molecule has 0 saturated heterocycles. The van der Waals surface area contributed by atoms with Gasteiger partial charge in [-0.1, -0.05) is 50.6 Å². The highest BCUT2D eigenvalue weighted by atomic mass is 16.5. The van der Waals surface area contributed by atoms with Crippen molar-refractivity contribution in [3.63, 3.8) is 0 Å². The van der Waals surface area contributed by atoms with Crippen molar-refractivity contribution in [3.05, 3.63) is 35.4 Å². The second-order valence-electron chi connectivity index (χ2n) is 5.90. The van der Waals surface area contributed by atoms with Gasteiger partial charge < -0.3 is 10.1 Å². The van der Waals surface area contributed by atoms with Gasteiger partial charge in [0.1, 0.15) is 0 Å². The number of hydrogen-bond donors (Lipinski definition) is 1. The molecule has 1 unspecified atom stereocenters. The second kappa shape index (κ2) is 9.22. The van der Waals surface area contributed by atoms with Gasteiger partial charge in [0.05, 0.1) is 5.60 Å². The number of aryl methyl sites for hydroxylation is 1. The first-order valence-electron chi connectivity index (χ1n) is 8.54. The molecule has 0 aliphatic heterocycles. The standard InChI is InChI=1S/C19H33NO/c1-6-14-20-18(19(7-2,8-3)21-9-4)15-17-12-10-16(5)11-13-17/h10-13,18,20H,6-9,14-15H2,1-5H3. The third kappa shape index (κ3) is 5.12. The maximum atomic E-state index is 6.22. The number of ether oxygens (including phenoxy) is 1. The minimum atomic E-state index is -0.0607. The van der Waals surface area contributed by atoms with E-state index < -0.39 is 0 Å². The van der Waals surface area contributed by atoms with E-state index in [2.05, 4.69) is 64.2 Å². The predicted molar refractivity (Wildman–Crippen MR) is 91.9 cm³/mol. The maximum absolute atomic E-state index is 6.22. The lowest BCUT2D eigenvalue weighted by Gasteiger charge is -2.40. The van der Waals surface area contributed by atoms with E-state index in [4.69, 9.17) is 4.74 Å². The molecule has 0 bridgehead atoms. The number of hydrogen-bond acceptors (Lipinski definition) is 2. The van der Waals surface area contributed by atoms with Crippen molar-refractivity contribution < 1.29 is 4.74 Å². The van der Waals surface area contributed by atoms with E-state index >= 15 is 0 Å². The van der Waals surface area contributed by atoms with E-state index in [9.17, 15) is 0 Å². The van der Waals surface area contributed by atoms with Crippen LogP contribution in [0, 0.1) is 6.92 Å². The first kappa shape index (κ1) is 18.2. The number of rotatable bonds is 10. The first-order valence-corrected chi connectivity index (χ1v) is 8.54. The number of nitrogens with one attached hydrogen (secondary N) is 1. The molecule has 0 spiro atoms. The maximum Gasteiger partial charge on any atom is 0.0832 e. The molecule has 21 heavy (non-hydrogen) atoms. The Bertz CT molecular complexity index is 381. The van der Waals surface area contributed by atoms with Gasteiger partial charge in [-0.05, 0) is 51.6 Å². The molecule has 2 heteroatoms. The average molecular weight is 291 g/mol. The highest BCUT2D eigenvalue weighted by Gasteiger charge is 2.36. The molecular formula is C19H33NO. The molecule has 1 rings (SSSR count). The van der Waals surface area contributed by atoms with Crippen molar-refractivity contribution in [1.82, 2.24) is 5.32 Å². The molecule has 0 amide bonds. The molecule has 0 aliphatic carbocycles. The summed E-state index contributed by atoms with van der Waals surface area (Å²) >= 11 is 0.